The van der Waals surface area contributed by atoms with Crippen molar-refractivity contribution in [3.63, 3.8) is 0 Å². The molecule has 1 amide bonds. The van der Waals surface area contributed by atoms with Crippen LogP contribution in [-0.2, 0) is 4.79 Å². The van der Waals surface area contributed by atoms with Crippen LogP contribution in [0.5, 0.6) is 0 Å². The summed E-state index contributed by atoms with van der Waals surface area (Å²) in [6.07, 6.45) is 0. The van der Waals surface area contributed by atoms with Gasteiger partial charge >= 0.3 is 5.97 Å². The van der Waals surface area contributed by atoms with Crippen LogP contribution in [0.15, 0.2) is 23.1 Å². The van der Waals surface area contributed by atoms with Gasteiger partial charge in [-0.2, -0.15) is 0 Å². The van der Waals surface area contributed by atoms with Gasteiger partial charge in [-0.3, -0.25) is 19.7 Å². The van der Waals surface area contributed by atoms with Crippen molar-refractivity contribution in [3.05, 3.63) is 33.9 Å². The highest BCUT2D eigenvalue weighted by atomic mass is 32.2. The number of carboxylic acids is 1. The number of hydrogen-bond acceptors (Lipinski definition) is 5. The smallest absolute Gasteiger partial charge is 0.308 e. The Morgan fingerprint density at radius 2 is 1.87 bits per heavy atom. The van der Waals surface area contributed by atoms with Crippen LogP contribution in [0.1, 0.15) is 38.1 Å². The Kier molecular flexibility index (Phi) is 6.56. The summed E-state index contributed by atoms with van der Waals surface area (Å²) in [5.74, 6) is -2.30. The Hall–Kier alpha value is -2.09. The van der Waals surface area contributed by atoms with Crippen molar-refractivity contribution in [2.75, 3.05) is 0 Å². The molecule has 0 saturated heterocycles. The van der Waals surface area contributed by atoms with Crippen LogP contribution in [0.2, 0.25) is 0 Å². The molecule has 23 heavy (non-hydrogen) atoms. The fraction of sp³-hybridized carbons (Fsp3) is 0.467. The quantitative estimate of drug-likeness (QED) is 0.449. The van der Waals surface area contributed by atoms with E-state index in [-0.39, 0.29) is 16.5 Å². The minimum Gasteiger partial charge on any atom is -0.481 e. The number of nitrogens with zero attached hydrogens (tertiary/aromatic N) is 1. The first kappa shape index (κ1) is 19.0. The minimum atomic E-state index is -1.02. The van der Waals surface area contributed by atoms with Crippen LogP contribution in [0, 0.1) is 16.0 Å². The number of thioether (sulfide) groups is 1. The number of carboxylic acid groups (broad SMARTS) is 1. The van der Waals surface area contributed by atoms with E-state index in [0.717, 1.165) is 0 Å². The molecule has 0 aliphatic carbocycles. The van der Waals surface area contributed by atoms with Gasteiger partial charge in [-0.05, 0) is 19.9 Å². The lowest BCUT2D eigenvalue weighted by atomic mass is 10.0. The largest absolute Gasteiger partial charge is 0.481 e. The summed E-state index contributed by atoms with van der Waals surface area (Å²) >= 11 is 1.42. The molecule has 0 spiro atoms. The first-order valence-electron chi connectivity index (χ1n) is 7.12. The highest BCUT2D eigenvalue weighted by molar-refractivity contribution is 8.00. The molecule has 7 nitrogen and oxygen atoms in total. The third-order valence-electron chi connectivity index (χ3n) is 3.28. The molecule has 0 fully saturated rings. The van der Waals surface area contributed by atoms with Gasteiger partial charge in [0.05, 0.1) is 16.4 Å². The van der Waals surface area contributed by atoms with Crippen molar-refractivity contribution < 1.29 is 19.6 Å². The highest BCUT2D eigenvalue weighted by Gasteiger charge is 2.24. The third-order valence-corrected chi connectivity index (χ3v) is 4.36. The molecule has 0 heterocycles. The second kappa shape index (κ2) is 7.96. The van der Waals surface area contributed by atoms with Gasteiger partial charge in [0.15, 0.2) is 0 Å². The monoisotopic (exact) mass is 340 g/mol. The number of rotatable bonds is 7. The topological polar surface area (TPSA) is 110 Å². The molecule has 1 aromatic rings. The number of carbonyl (C=O) groups excluding carboxylic acids is 1. The predicted molar refractivity (Wildman–Crippen MR) is 87.8 cm³/mol. The van der Waals surface area contributed by atoms with E-state index in [0.29, 0.717) is 4.90 Å². The van der Waals surface area contributed by atoms with Crippen molar-refractivity contribution >= 4 is 29.3 Å². The van der Waals surface area contributed by atoms with Gasteiger partial charge in [0.1, 0.15) is 0 Å². The van der Waals surface area contributed by atoms with Gasteiger partial charge in [0, 0.05) is 28.3 Å². The van der Waals surface area contributed by atoms with E-state index >= 15 is 0 Å². The number of aliphatic carboxylic acids is 1. The van der Waals surface area contributed by atoms with E-state index in [9.17, 15) is 19.7 Å². The van der Waals surface area contributed by atoms with Crippen molar-refractivity contribution in [2.45, 2.75) is 43.9 Å². The standard InChI is InChI=1S/C15H20N2O5S/c1-8(2)23-13-6-5-11(17(21)22)7-12(13)14(18)16-10(4)9(3)15(19)20/h5-10H,1-4H3,(H,16,18)(H,19,20). The van der Waals surface area contributed by atoms with E-state index < -0.39 is 28.8 Å². The van der Waals surface area contributed by atoms with Crippen LogP contribution in [0.4, 0.5) is 5.69 Å². The maximum absolute atomic E-state index is 12.4. The predicted octanol–water partition coefficient (Wildman–Crippen LogP) is 2.93. The average molecular weight is 340 g/mol. The highest BCUT2D eigenvalue weighted by Crippen LogP contribution is 2.29. The summed E-state index contributed by atoms with van der Waals surface area (Å²) in [6, 6.07) is 3.52. The number of hydrogen-bond donors (Lipinski definition) is 2. The van der Waals surface area contributed by atoms with Gasteiger partial charge in [0.25, 0.3) is 11.6 Å². The molecule has 2 atom stereocenters. The van der Waals surface area contributed by atoms with Gasteiger partial charge in [0.2, 0.25) is 0 Å². The molecule has 0 aromatic heterocycles. The van der Waals surface area contributed by atoms with E-state index in [1.807, 2.05) is 13.8 Å². The molecule has 1 aromatic carbocycles. The third kappa shape index (κ3) is 5.24. The van der Waals surface area contributed by atoms with Gasteiger partial charge in [-0.1, -0.05) is 13.8 Å². The fourth-order valence-electron chi connectivity index (χ4n) is 1.79. The van der Waals surface area contributed by atoms with Crippen LogP contribution < -0.4 is 5.32 Å². The van der Waals surface area contributed by atoms with Gasteiger partial charge < -0.3 is 10.4 Å². The summed E-state index contributed by atoms with van der Waals surface area (Å²) in [5.41, 5.74) is 0.00420. The summed E-state index contributed by atoms with van der Waals surface area (Å²) in [5, 5.41) is 22.7. The second-order valence-corrected chi connectivity index (χ2v) is 7.11. The first-order valence-corrected chi connectivity index (χ1v) is 8.00. The minimum absolute atomic E-state index is 0.179. The maximum atomic E-state index is 12.4. The van der Waals surface area contributed by atoms with Crippen LogP contribution >= 0.6 is 11.8 Å². The SMILES string of the molecule is CC(C)Sc1ccc([N+](=O)[O-])cc1C(=O)NC(C)C(C)C(=O)O. The van der Waals surface area contributed by atoms with E-state index in [1.165, 1.54) is 30.8 Å². The zero-order chi connectivity index (χ0) is 17.7. The van der Waals surface area contributed by atoms with Crippen molar-refractivity contribution in [2.24, 2.45) is 5.92 Å². The van der Waals surface area contributed by atoms with E-state index in [1.54, 1.807) is 13.0 Å². The molecule has 8 heteroatoms. The van der Waals surface area contributed by atoms with Crippen molar-refractivity contribution in [1.29, 1.82) is 0 Å². The number of amides is 1. The fourth-order valence-corrected chi connectivity index (χ4v) is 2.72. The Balaban J connectivity index is 3.11. The lowest BCUT2D eigenvalue weighted by Crippen LogP contribution is -2.40. The van der Waals surface area contributed by atoms with Crippen LogP contribution in [0.3, 0.4) is 0 Å². The number of nitro benzene ring substituents is 1. The lowest BCUT2D eigenvalue weighted by molar-refractivity contribution is -0.384. The number of nitro groups is 1. The summed E-state index contributed by atoms with van der Waals surface area (Å²) in [6.45, 7) is 6.97. The number of non-ortho nitro benzene ring substituents is 1. The van der Waals surface area contributed by atoms with E-state index in [4.69, 9.17) is 5.11 Å². The van der Waals surface area contributed by atoms with Gasteiger partial charge in [-0.25, -0.2) is 0 Å². The number of nitrogens with one attached hydrogen (secondary N) is 1. The Bertz CT molecular complexity index is 618. The van der Waals surface area contributed by atoms with Crippen LogP contribution in [-0.4, -0.2) is 33.2 Å². The molecule has 2 unspecified atom stereocenters. The summed E-state index contributed by atoms with van der Waals surface area (Å²) < 4.78 is 0. The molecular weight excluding hydrogens is 320 g/mol. The summed E-state index contributed by atoms with van der Waals surface area (Å²) in [4.78, 5) is 34.4. The molecule has 126 valence electrons. The molecule has 0 radical (unpaired) electrons. The lowest BCUT2D eigenvalue weighted by Gasteiger charge is -2.19. The molecular formula is C15H20N2O5S. The maximum Gasteiger partial charge on any atom is 0.308 e. The van der Waals surface area contributed by atoms with Gasteiger partial charge in [-0.15, -0.1) is 11.8 Å². The van der Waals surface area contributed by atoms with Crippen molar-refractivity contribution in [1.82, 2.24) is 5.32 Å². The molecule has 0 saturated carbocycles. The molecule has 0 aliphatic rings. The Morgan fingerprint density at radius 3 is 2.35 bits per heavy atom. The number of carbonyl (C=O) groups is 2. The molecule has 0 aliphatic heterocycles. The Morgan fingerprint density at radius 1 is 1.26 bits per heavy atom. The average Bonchev–Trinajstić information content (AvgIpc) is 2.45. The second-order valence-electron chi connectivity index (χ2n) is 5.49. The molecule has 0 bridgehead atoms. The molecule has 2 N–H and O–H groups in total. The molecule has 1 rings (SSSR count). The first-order chi connectivity index (χ1) is 10.6. The zero-order valence-corrected chi connectivity index (χ0v) is 14.2. The van der Waals surface area contributed by atoms with Crippen molar-refractivity contribution in [3.8, 4) is 0 Å². The normalized spacial score (nSPS) is 13.4. The van der Waals surface area contributed by atoms with Crippen LogP contribution in [0.25, 0.3) is 0 Å². The number of benzene rings is 1. The van der Waals surface area contributed by atoms with E-state index in [2.05, 4.69) is 5.32 Å². The summed E-state index contributed by atoms with van der Waals surface area (Å²) in [7, 11) is 0. The Labute approximate surface area is 138 Å². The zero-order valence-electron chi connectivity index (χ0n) is 13.4.